The monoisotopic (exact) mass is 495 g/mol. The highest BCUT2D eigenvalue weighted by Gasteiger charge is 2.42. The van der Waals surface area contributed by atoms with Crippen molar-refractivity contribution in [2.45, 2.75) is 25.2 Å². The molecule has 0 N–H and O–H groups in total. The van der Waals surface area contributed by atoms with Crippen LogP contribution in [0.1, 0.15) is 18.1 Å². The molecular weight excluding hydrogens is 471 g/mol. The normalized spacial score (nSPS) is 20.6. The van der Waals surface area contributed by atoms with Gasteiger partial charge in [0.2, 0.25) is 0 Å². The van der Waals surface area contributed by atoms with Gasteiger partial charge in [-0.15, -0.1) is 0 Å². The molecule has 0 radical (unpaired) electrons. The Bertz CT molecular complexity index is 1080. The fraction of sp³-hybridized carbons (Fsp3) is 0.455. The molecule has 10 nitrogen and oxygen atoms in total. The molecule has 4 rings (SSSR count). The molecule has 3 heterocycles. The van der Waals surface area contributed by atoms with E-state index in [4.69, 9.17) is 9.47 Å². The van der Waals surface area contributed by atoms with Crippen molar-refractivity contribution < 1.29 is 32.4 Å². The van der Waals surface area contributed by atoms with Gasteiger partial charge in [0.1, 0.15) is 18.4 Å². The van der Waals surface area contributed by atoms with Crippen LogP contribution in [0.5, 0.6) is 6.01 Å². The van der Waals surface area contributed by atoms with E-state index in [-0.39, 0.29) is 18.4 Å². The summed E-state index contributed by atoms with van der Waals surface area (Å²) >= 11 is 0. The zero-order valence-electron chi connectivity index (χ0n) is 18.9. The quantitative estimate of drug-likeness (QED) is 0.447. The van der Waals surface area contributed by atoms with E-state index in [0.717, 1.165) is 12.1 Å². The maximum atomic E-state index is 12.6. The Kier molecular flexibility index (Phi) is 6.70. The summed E-state index contributed by atoms with van der Waals surface area (Å²) in [7, 11) is 0. The summed E-state index contributed by atoms with van der Waals surface area (Å²) in [6.07, 6.45) is -0.316. The molecule has 1 fully saturated rings. The first-order valence-electron chi connectivity index (χ1n) is 10.9. The largest absolute Gasteiger partial charge is 0.445 e. The molecule has 188 valence electrons. The molecule has 1 saturated heterocycles. The van der Waals surface area contributed by atoms with Crippen molar-refractivity contribution in [3.05, 3.63) is 57.8 Å². The molecule has 0 spiro atoms. The summed E-state index contributed by atoms with van der Waals surface area (Å²) in [6, 6.07) is 4.93. The highest BCUT2D eigenvalue weighted by atomic mass is 19.4. The van der Waals surface area contributed by atoms with Gasteiger partial charge in [0.15, 0.2) is 0 Å². The van der Waals surface area contributed by atoms with Crippen LogP contribution in [-0.2, 0) is 17.5 Å². The number of carbonyl (C=O) groups is 1. The average molecular weight is 495 g/mol. The summed E-state index contributed by atoms with van der Waals surface area (Å²) in [5, 5.41) is 10.8. The van der Waals surface area contributed by atoms with Crippen molar-refractivity contribution >= 4 is 18.0 Å². The van der Waals surface area contributed by atoms with E-state index >= 15 is 0 Å². The first-order chi connectivity index (χ1) is 16.5. The molecular formula is C22H24F3N5O5. The Morgan fingerprint density at radius 1 is 1.26 bits per heavy atom. The average Bonchev–Trinajstić information content (AvgIpc) is 3.32. The molecule has 2 aromatic rings. The predicted molar refractivity (Wildman–Crippen MR) is 118 cm³/mol. The van der Waals surface area contributed by atoms with E-state index in [1.165, 1.54) is 18.3 Å². The number of hydrogen-bond donors (Lipinski definition) is 0. The topological polar surface area (TPSA) is 103 Å². The van der Waals surface area contributed by atoms with Gasteiger partial charge in [0.25, 0.3) is 0 Å². The number of aromatic nitrogens is 2. The van der Waals surface area contributed by atoms with Crippen LogP contribution in [0.4, 0.5) is 23.8 Å². The van der Waals surface area contributed by atoms with Crippen molar-refractivity contribution in [1.82, 2.24) is 19.4 Å². The molecule has 1 aromatic heterocycles. The molecule has 1 amide bonds. The van der Waals surface area contributed by atoms with Crippen LogP contribution in [0.3, 0.4) is 0 Å². The van der Waals surface area contributed by atoms with Crippen molar-refractivity contribution in [2.75, 3.05) is 39.3 Å². The number of imidazole rings is 1. The fourth-order valence-corrected chi connectivity index (χ4v) is 4.10. The number of carbonyl (C=O) groups excluding carboxylic acids is 1. The van der Waals surface area contributed by atoms with Crippen molar-refractivity contribution in [3.8, 4) is 6.01 Å². The lowest BCUT2D eigenvalue weighted by molar-refractivity contribution is -0.389. The van der Waals surface area contributed by atoms with Gasteiger partial charge in [-0.1, -0.05) is 18.2 Å². The Morgan fingerprint density at radius 3 is 2.54 bits per heavy atom. The van der Waals surface area contributed by atoms with Crippen LogP contribution in [-0.4, -0.2) is 75.3 Å². The zero-order chi connectivity index (χ0) is 25.2. The molecule has 2 aliphatic heterocycles. The fourth-order valence-electron chi connectivity index (χ4n) is 4.10. The minimum absolute atomic E-state index is 0.00355. The zero-order valence-corrected chi connectivity index (χ0v) is 18.9. The molecule has 35 heavy (non-hydrogen) atoms. The van der Waals surface area contributed by atoms with Crippen molar-refractivity contribution in [3.63, 3.8) is 0 Å². The minimum Gasteiger partial charge on any atom is -0.445 e. The number of nitro groups is 1. The Balaban J connectivity index is 1.18. The Morgan fingerprint density at radius 2 is 1.94 bits per heavy atom. The second kappa shape index (κ2) is 9.56. The predicted octanol–water partition coefficient (Wildman–Crippen LogP) is 3.43. The van der Waals surface area contributed by atoms with Crippen molar-refractivity contribution in [2.24, 2.45) is 0 Å². The number of ether oxygens (including phenoxy) is 2. The number of benzene rings is 1. The first kappa shape index (κ1) is 24.5. The SMILES string of the molecule is CC1(CN2CCN(C(=O)OCC=Cc3ccc(C(F)(F)F)cc3)CC2)Cn2cc([N+](=O)[O-])nc2O1. The molecule has 1 unspecified atom stereocenters. The second-order valence-corrected chi connectivity index (χ2v) is 8.68. The number of nitrogens with zero attached hydrogens (tertiary/aromatic N) is 5. The van der Waals surface area contributed by atoms with E-state index in [1.54, 1.807) is 21.6 Å². The van der Waals surface area contributed by atoms with Crippen LogP contribution in [0, 0.1) is 10.1 Å². The van der Waals surface area contributed by atoms with Crippen LogP contribution in [0.2, 0.25) is 0 Å². The third kappa shape index (κ3) is 5.91. The van der Waals surface area contributed by atoms with Gasteiger partial charge in [-0.25, -0.2) is 4.79 Å². The molecule has 0 saturated carbocycles. The summed E-state index contributed by atoms with van der Waals surface area (Å²) < 4.78 is 50.5. The summed E-state index contributed by atoms with van der Waals surface area (Å²) in [6.45, 7) is 5.08. The van der Waals surface area contributed by atoms with Crippen LogP contribution < -0.4 is 4.74 Å². The Labute approximate surface area is 198 Å². The van der Waals surface area contributed by atoms with Gasteiger partial charge >= 0.3 is 24.1 Å². The van der Waals surface area contributed by atoms with Gasteiger partial charge in [-0.05, 0) is 35.6 Å². The minimum atomic E-state index is -4.38. The lowest BCUT2D eigenvalue weighted by Crippen LogP contribution is -2.54. The molecule has 1 aromatic carbocycles. The summed E-state index contributed by atoms with van der Waals surface area (Å²) in [5.41, 5.74) is -0.728. The van der Waals surface area contributed by atoms with E-state index in [0.29, 0.717) is 44.8 Å². The lowest BCUT2D eigenvalue weighted by atomic mass is 10.1. The third-order valence-electron chi connectivity index (χ3n) is 5.80. The lowest BCUT2D eigenvalue weighted by Gasteiger charge is -2.37. The second-order valence-electron chi connectivity index (χ2n) is 8.68. The third-order valence-corrected chi connectivity index (χ3v) is 5.80. The number of amides is 1. The maximum absolute atomic E-state index is 12.6. The molecule has 0 aliphatic carbocycles. The maximum Gasteiger partial charge on any atom is 0.416 e. The van der Waals surface area contributed by atoms with Gasteiger partial charge in [0.05, 0.1) is 12.1 Å². The van der Waals surface area contributed by atoms with E-state index in [2.05, 4.69) is 9.88 Å². The van der Waals surface area contributed by atoms with Gasteiger partial charge in [0, 0.05) is 37.7 Å². The number of rotatable bonds is 6. The number of alkyl halides is 3. The summed E-state index contributed by atoms with van der Waals surface area (Å²) in [5.74, 6) is -0.247. The van der Waals surface area contributed by atoms with Crippen LogP contribution in [0.25, 0.3) is 6.08 Å². The van der Waals surface area contributed by atoms with Gasteiger partial charge < -0.3 is 24.5 Å². The summed E-state index contributed by atoms with van der Waals surface area (Å²) in [4.78, 5) is 30.2. The number of fused-ring (bicyclic) bond motifs is 1. The van der Waals surface area contributed by atoms with Gasteiger partial charge in [-0.2, -0.15) is 13.2 Å². The van der Waals surface area contributed by atoms with Crippen LogP contribution in [0.15, 0.2) is 36.5 Å². The number of halogens is 3. The molecule has 13 heteroatoms. The molecule has 1 atom stereocenters. The molecule has 2 aliphatic rings. The van der Waals surface area contributed by atoms with E-state index < -0.39 is 28.4 Å². The Hall–Kier alpha value is -3.61. The number of piperazine rings is 1. The van der Waals surface area contributed by atoms with Gasteiger partial charge in [-0.3, -0.25) is 9.47 Å². The standard InChI is InChI=1S/C22H24F3N5O5/c1-21(15-29-13-18(30(32)33)26-19(29)35-21)14-27-8-10-28(11-9-27)20(31)34-12-2-3-16-4-6-17(7-5-16)22(23,24)25/h2-7,13H,8-12,14-15H2,1H3. The number of hydrogen-bond acceptors (Lipinski definition) is 7. The highest BCUT2D eigenvalue weighted by molar-refractivity contribution is 5.68. The van der Waals surface area contributed by atoms with Crippen LogP contribution >= 0.6 is 0 Å². The molecule has 0 bridgehead atoms. The smallest absolute Gasteiger partial charge is 0.416 e. The highest BCUT2D eigenvalue weighted by Crippen LogP contribution is 2.32. The van der Waals surface area contributed by atoms with E-state index in [1.807, 2.05) is 6.92 Å². The van der Waals surface area contributed by atoms with E-state index in [9.17, 15) is 28.1 Å². The first-order valence-corrected chi connectivity index (χ1v) is 10.9. The van der Waals surface area contributed by atoms with Crippen molar-refractivity contribution in [1.29, 1.82) is 0 Å².